The second-order valence-electron chi connectivity index (χ2n) is 5.33. The molecule has 3 rings (SSSR count). The summed E-state index contributed by atoms with van der Waals surface area (Å²) in [5.41, 5.74) is 1.17. The Hall–Kier alpha value is -2.63. The molecule has 1 amide bonds. The van der Waals surface area contributed by atoms with Gasteiger partial charge in [-0.1, -0.05) is 23.2 Å². The molecule has 0 radical (unpaired) electrons. The third kappa shape index (κ3) is 3.79. The van der Waals surface area contributed by atoms with E-state index in [0.717, 1.165) is 6.07 Å². The molecule has 0 saturated heterocycles. The SMILES string of the molecule is COc1ccc(NC(=O)c2ccc(-c3ncccc3Cl)c(F)c2)cc1Cl. The van der Waals surface area contributed by atoms with E-state index in [1.807, 2.05) is 0 Å². The number of aromatic nitrogens is 1. The predicted molar refractivity (Wildman–Crippen MR) is 101 cm³/mol. The smallest absolute Gasteiger partial charge is 0.255 e. The predicted octanol–water partition coefficient (Wildman–Crippen LogP) is 5.46. The van der Waals surface area contributed by atoms with Crippen LogP contribution in [0.1, 0.15) is 10.4 Å². The van der Waals surface area contributed by atoms with E-state index in [4.69, 9.17) is 27.9 Å². The molecule has 0 aliphatic carbocycles. The summed E-state index contributed by atoms with van der Waals surface area (Å²) in [6.07, 6.45) is 1.52. The van der Waals surface area contributed by atoms with Crippen LogP contribution in [0.5, 0.6) is 5.75 Å². The number of nitrogens with one attached hydrogen (secondary N) is 1. The summed E-state index contributed by atoms with van der Waals surface area (Å²) in [5.74, 6) is -0.567. The van der Waals surface area contributed by atoms with E-state index < -0.39 is 11.7 Å². The van der Waals surface area contributed by atoms with Gasteiger partial charge in [0.1, 0.15) is 11.6 Å². The lowest BCUT2D eigenvalue weighted by Gasteiger charge is -2.09. The van der Waals surface area contributed by atoms with Gasteiger partial charge in [-0.15, -0.1) is 0 Å². The second-order valence-corrected chi connectivity index (χ2v) is 6.15. The van der Waals surface area contributed by atoms with Crippen LogP contribution in [0.4, 0.5) is 10.1 Å². The van der Waals surface area contributed by atoms with Crippen LogP contribution in [0.3, 0.4) is 0 Å². The summed E-state index contributed by atoms with van der Waals surface area (Å²) < 4.78 is 19.5. The van der Waals surface area contributed by atoms with Gasteiger partial charge < -0.3 is 10.1 Å². The zero-order chi connectivity index (χ0) is 18.7. The Morgan fingerprint density at radius 3 is 2.58 bits per heavy atom. The summed E-state index contributed by atoms with van der Waals surface area (Å²) in [6, 6.07) is 12.2. The maximum absolute atomic E-state index is 14.5. The summed E-state index contributed by atoms with van der Waals surface area (Å²) in [7, 11) is 1.50. The van der Waals surface area contributed by atoms with E-state index in [1.54, 1.807) is 30.3 Å². The largest absolute Gasteiger partial charge is 0.495 e. The molecule has 0 bridgehead atoms. The van der Waals surface area contributed by atoms with Crippen molar-refractivity contribution in [2.45, 2.75) is 0 Å². The molecule has 26 heavy (non-hydrogen) atoms. The zero-order valence-corrected chi connectivity index (χ0v) is 15.1. The number of methoxy groups -OCH3 is 1. The average Bonchev–Trinajstić information content (AvgIpc) is 2.62. The van der Waals surface area contributed by atoms with Crippen LogP contribution in [0, 0.1) is 5.82 Å². The third-order valence-electron chi connectivity index (χ3n) is 3.65. The minimum atomic E-state index is -0.592. The Morgan fingerprint density at radius 2 is 1.92 bits per heavy atom. The van der Waals surface area contributed by atoms with Crippen molar-refractivity contribution >= 4 is 34.8 Å². The summed E-state index contributed by atoms with van der Waals surface area (Å²) in [4.78, 5) is 16.4. The van der Waals surface area contributed by atoms with E-state index in [2.05, 4.69) is 10.3 Å². The summed E-state index contributed by atoms with van der Waals surface area (Å²) in [5, 5.41) is 3.35. The Kier molecular flexibility index (Phi) is 5.40. The van der Waals surface area contributed by atoms with Gasteiger partial charge in [0.2, 0.25) is 0 Å². The number of anilines is 1. The first-order valence-corrected chi connectivity index (χ1v) is 8.30. The maximum atomic E-state index is 14.5. The molecule has 2 aromatic carbocycles. The summed E-state index contributed by atoms with van der Waals surface area (Å²) in [6.45, 7) is 0. The van der Waals surface area contributed by atoms with Crippen molar-refractivity contribution in [2.75, 3.05) is 12.4 Å². The van der Waals surface area contributed by atoms with Gasteiger partial charge in [0.15, 0.2) is 0 Å². The first kappa shape index (κ1) is 18.2. The number of pyridine rings is 1. The van der Waals surface area contributed by atoms with E-state index in [9.17, 15) is 9.18 Å². The van der Waals surface area contributed by atoms with E-state index in [1.165, 1.54) is 25.4 Å². The maximum Gasteiger partial charge on any atom is 0.255 e. The van der Waals surface area contributed by atoms with Gasteiger partial charge in [-0.2, -0.15) is 0 Å². The van der Waals surface area contributed by atoms with Gasteiger partial charge in [-0.05, 0) is 48.5 Å². The highest BCUT2D eigenvalue weighted by molar-refractivity contribution is 6.33. The molecule has 1 heterocycles. The van der Waals surface area contributed by atoms with Gasteiger partial charge in [0.25, 0.3) is 5.91 Å². The van der Waals surface area contributed by atoms with Crippen LogP contribution in [0.25, 0.3) is 11.3 Å². The molecule has 3 aromatic rings. The molecule has 0 aliphatic heterocycles. The number of nitrogens with zero attached hydrogens (tertiary/aromatic N) is 1. The van der Waals surface area contributed by atoms with Crippen LogP contribution in [-0.4, -0.2) is 18.0 Å². The lowest BCUT2D eigenvalue weighted by Crippen LogP contribution is -2.12. The third-order valence-corrected chi connectivity index (χ3v) is 4.25. The molecule has 0 saturated carbocycles. The van der Waals surface area contributed by atoms with E-state index in [0.29, 0.717) is 27.2 Å². The van der Waals surface area contributed by atoms with Crippen LogP contribution in [0.15, 0.2) is 54.7 Å². The normalized spacial score (nSPS) is 10.5. The molecule has 7 heteroatoms. The molecule has 1 aromatic heterocycles. The summed E-state index contributed by atoms with van der Waals surface area (Å²) >= 11 is 12.1. The molecule has 0 spiro atoms. The van der Waals surface area contributed by atoms with Gasteiger partial charge in [0, 0.05) is 23.0 Å². The lowest BCUT2D eigenvalue weighted by atomic mass is 10.1. The minimum Gasteiger partial charge on any atom is -0.495 e. The van der Waals surface area contributed by atoms with Crippen molar-refractivity contribution in [3.63, 3.8) is 0 Å². The highest BCUT2D eigenvalue weighted by atomic mass is 35.5. The number of halogens is 3. The van der Waals surface area contributed by atoms with Gasteiger partial charge >= 0.3 is 0 Å². The van der Waals surface area contributed by atoms with Crippen molar-refractivity contribution < 1.29 is 13.9 Å². The highest BCUT2D eigenvalue weighted by Gasteiger charge is 2.14. The number of amides is 1. The Balaban J connectivity index is 1.84. The van der Waals surface area contributed by atoms with E-state index in [-0.39, 0.29) is 11.1 Å². The topological polar surface area (TPSA) is 51.2 Å². The number of ether oxygens (including phenoxy) is 1. The molecular formula is C19H13Cl2FN2O2. The standard InChI is InChI=1S/C19H13Cl2FN2O2/c1-26-17-7-5-12(10-15(17)21)24-19(25)11-4-6-13(16(22)9-11)18-14(20)3-2-8-23-18/h2-10H,1H3,(H,24,25). The molecule has 0 fully saturated rings. The fourth-order valence-electron chi connectivity index (χ4n) is 2.38. The van der Waals surface area contributed by atoms with Crippen molar-refractivity contribution in [1.29, 1.82) is 0 Å². The van der Waals surface area contributed by atoms with Crippen molar-refractivity contribution in [3.05, 3.63) is 76.2 Å². The lowest BCUT2D eigenvalue weighted by molar-refractivity contribution is 0.102. The van der Waals surface area contributed by atoms with Crippen LogP contribution >= 0.6 is 23.2 Å². The van der Waals surface area contributed by atoms with Gasteiger partial charge in [0.05, 0.1) is 22.8 Å². The van der Waals surface area contributed by atoms with Crippen LogP contribution in [0.2, 0.25) is 10.0 Å². The van der Waals surface area contributed by atoms with Gasteiger partial charge in [-0.25, -0.2) is 4.39 Å². The molecule has 0 aliphatic rings. The highest BCUT2D eigenvalue weighted by Crippen LogP contribution is 2.29. The number of carbonyl (C=O) groups excluding carboxylic acids is 1. The minimum absolute atomic E-state index is 0.158. The molecular weight excluding hydrogens is 378 g/mol. The molecule has 132 valence electrons. The Bertz CT molecular complexity index is 980. The first-order chi connectivity index (χ1) is 12.5. The molecule has 1 N–H and O–H groups in total. The number of hydrogen-bond donors (Lipinski definition) is 1. The Morgan fingerprint density at radius 1 is 1.12 bits per heavy atom. The van der Waals surface area contributed by atoms with Crippen molar-refractivity contribution in [2.24, 2.45) is 0 Å². The monoisotopic (exact) mass is 390 g/mol. The second kappa shape index (κ2) is 7.72. The van der Waals surface area contributed by atoms with Crippen LogP contribution in [-0.2, 0) is 0 Å². The molecule has 0 atom stereocenters. The molecule has 0 unspecified atom stereocenters. The van der Waals surface area contributed by atoms with Gasteiger partial charge in [-0.3, -0.25) is 9.78 Å². The fourth-order valence-corrected chi connectivity index (χ4v) is 2.86. The number of hydrogen-bond acceptors (Lipinski definition) is 3. The zero-order valence-electron chi connectivity index (χ0n) is 13.6. The number of carbonyl (C=O) groups is 1. The molecule has 4 nitrogen and oxygen atoms in total. The average molecular weight is 391 g/mol. The van der Waals surface area contributed by atoms with Crippen molar-refractivity contribution in [3.8, 4) is 17.0 Å². The first-order valence-electron chi connectivity index (χ1n) is 7.55. The van der Waals surface area contributed by atoms with E-state index >= 15 is 0 Å². The number of benzene rings is 2. The quantitative estimate of drug-likeness (QED) is 0.643. The fraction of sp³-hybridized carbons (Fsp3) is 0.0526. The number of rotatable bonds is 4. The van der Waals surface area contributed by atoms with Crippen molar-refractivity contribution in [1.82, 2.24) is 4.98 Å². The van der Waals surface area contributed by atoms with Crippen LogP contribution < -0.4 is 10.1 Å². The Labute approximate surface area is 159 Å².